The van der Waals surface area contributed by atoms with E-state index in [2.05, 4.69) is 24.0 Å². The molecule has 1 aromatic rings. The molecule has 2 aliphatic carbocycles. The van der Waals surface area contributed by atoms with Crippen molar-refractivity contribution in [2.45, 2.75) is 63.3 Å². The summed E-state index contributed by atoms with van der Waals surface area (Å²) in [7, 11) is 0. The minimum Gasteiger partial charge on any atom is -0.508 e. The van der Waals surface area contributed by atoms with Crippen molar-refractivity contribution >= 4 is 0 Å². The highest BCUT2D eigenvalue weighted by molar-refractivity contribution is 5.45. The van der Waals surface area contributed by atoms with Crippen molar-refractivity contribution in [2.75, 3.05) is 13.1 Å². The van der Waals surface area contributed by atoms with Crippen molar-refractivity contribution in [1.82, 2.24) is 4.90 Å². The molecule has 0 aromatic heterocycles. The van der Waals surface area contributed by atoms with Gasteiger partial charge in [-0.15, -0.1) is 0 Å². The molecule has 1 saturated heterocycles. The Kier molecular flexibility index (Phi) is 3.25. The third kappa shape index (κ3) is 1.95. The predicted octanol–water partition coefficient (Wildman–Crippen LogP) is 3.86. The van der Waals surface area contributed by atoms with Crippen LogP contribution in [0.4, 0.5) is 0 Å². The first-order chi connectivity index (χ1) is 10.2. The fraction of sp³-hybridized carbons (Fsp3) is 0.684. The molecular weight excluding hydrogens is 258 g/mol. The Labute approximate surface area is 128 Å². The maximum atomic E-state index is 10.00. The summed E-state index contributed by atoms with van der Waals surface area (Å²) >= 11 is 0. The van der Waals surface area contributed by atoms with E-state index in [0.717, 1.165) is 12.0 Å². The molecule has 2 fully saturated rings. The quantitative estimate of drug-likeness (QED) is 0.892. The monoisotopic (exact) mass is 285 g/mol. The molecule has 3 aliphatic rings. The van der Waals surface area contributed by atoms with Crippen molar-refractivity contribution in [3.8, 4) is 5.75 Å². The van der Waals surface area contributed by atoms with Crippen LogP contribution in [0.3, 0.4) is 0 Å². The number of phenols is 1. The van der Waals surface area contributed by atoms with Gasteiger partial charge in [0.15, 0.2) is 0 Å². The Hall–Kier alpha value is -1.02. The van der Waals surface area contributed by atoms with Crippen LogP contribution < -0.4 is 0 Å². The molecule has 2 heteroatoms. The van der Waals surface area contributed by atoms with Gasteiger partial charge in [-0.25, -0.2) is 0 Å². The molecule has 3 atom stereocenters. The number of benzene rings is 1. The summed E-state index contributed by atoms with van der Waals surface area (Å²) in [5.41, 5.74) is 3.38. The third-order valence-corrected chi connectivity index (χ3v) is 6.45. The average molecular weight is 285 g/mol. The molecule has 2 nitrogen and oxygen atoms in total. The summed E-state index contributed by atoms with van der Waals surface area (Å²) in [6, 6.07) is 6.92. The lowest BCUT2D eigenvalue weighted by Gasteiger charge is -2.59. The van der Waals surface area contributed by atoms with Gasteiger partial charge in [0.2, 0.25) is 0 Å². The normalized spacial score (nSPS) is 35.1. The van der Waals surface area contributed by atoms with Crippen molar-refractivity contribution in [2.24, 2.45) is 5.92 Å². The molecule has 1 saturated carbocycles. The molecular formula is C19H27NO. The third-order valence-electron chi connectivity index (χ3n) is 6.45. The Morgan fingerprint density at radius 1 is 1.29 bits per heavy atom. The number of piperidine rings is 1. The van der Waals surface area contributed by atoms with E-state index in [4.69, 9.17) is 0 Å². The van der Waals surface area contributed by atoms with Crippen molar-refractivity contribution in [3.05, 3.63) is 29.3 Å². The summed E-state index contributed by atoms with van der Waals surface area (Å²) in [5.74, 6) is 1.28. The van der Waals surface area contributed by atoms with Crippen LogP contribution in [0.2, 0.25) is 0 Å². The summed E-state index contributed by atoms with van der Waals surface area (Å²) in [5, 5.41) is 10.00. The van der Waals surface area contributed by atoms with Gasteiger partial charge in [-0.05, 0) is 74.4 Å². The number of phenolic OH excluding ortho intramolecular Hbond substituents is 1. The minimum atomic E-state index is 0.374. The number of likely N-dealkylation sites (tertiary alicyclic amines) is 1. The Morgan fingerprint density at radius 2 is 2.19 bits per heavy atom. The Bertz CT molecular complexity index is 540. The van der Waals surface area contributed by atoms with Gasteiger partial charge in [0, 0.05) is 11.5 Å². The van der Waals surface area contributed by atoms with E-state index < -0.39 is 0 Å². The molecule has 114 valence electrons. The van der Waals surface area contributed by atoms with Crippen LogP contribution >= 0.6 is 0 Å². The Balaban J connectivity index is 1.81. The molecule has 4 rings (SSSR count). The van der Waals surface area contributed by atoms with Crippen LogP contribution in [0.15, 0.2) is 18.2 Å². The molecule has 1 aromatic carbocycles. The standard InChI is InChI=1S/C19H27NO/c1-2-10-20-11-9-19-8-4-3-5-16(19)18(20)12-14-6-7-15(21)13-17(14)19/h6-7,13,16,18,21H,2-5,8-12H2,1H3/t16-,18+,19+/m0/s1. The highest BCUT2D eigenvalue weighted by Gasteiger charge is 2.53. The first-order valence-electron chi connectivity index (χ1n) is 8.81. The van der Waals surface area contributed by atoms with Crippen LogP contribution in [-0.2, 0) is 11.8 Å². The van der Waals surface area contributed by atoms with Gasteiger partial charge in [0.25, 0.3) is 0 Å². The summed E-state index contributed by atoms with van der Waals surface area (Å²) in [6.07, 6.45) is 9.25. The fourth-order valence-electron chi connectivity index (χ4n) is 5.64. The predicted molar refractivity (Wildman–Crippen MR) is 85.7 cm³/mol. The fourth-order valence-corrected chi connectivity index (χ4v) is 5.64. The first kappa shape index (κ1) is 13.6. The molecule has 1 heterocycles. The highest BCUT2D eigenvalue weighted by atomic mass is 16.3. The molecule has 1 aliphatic heterocycles. The topological polar surface area (TPSA) is 23.5 Å². The summed E-state index contributed by atoms with van der Waals surface area (Å²) in [4.78, 5) is 2.77. The van der Waals surface area contributed by atoms with E-state index in [-0.39, 0.29) is 0 Å². The van der Waals surface area contributed by atoms with Crippen LogP contribution in [0.25, 0.3) is 0 Å². The van der Waals surface area contributed by atoms with Crippen LogP contribution in [0.5, 0.6) is 5.75 Å². The summed E-state index contributed by atoms with van der Waals surface area (Å²) < 4.78 is 0. The summed E-state index contributed by atoms with van der Waals surface area (Å²) in [6.45, 7) is 4.81. The lowest BCUT2D eigenvalue weighted by atomic mass is 9.52. The van der Waals surface area contributed by atoms with Crippen LogP contribution in [0, 0.1) is 5.92 Å². The van der Waals surface area contributed by atoms with E-state index in [0.29, 0.717) is 11.2 Å². The maximum Gasteiger partial charge on any atom is 0.115 e. The number of hydrogen-bond donors (Lipinski definition) is 1. The number of fused-ring (bicyclic) bond motifs is 1. The second-order valence-corrected chi connectivity index (χ2v) is 7.41. The first-order valence-corrected chi connectivity index (χ1v) is 8.81. The smallest absolute Gasteiger partial charge is 0.115 e. The molecule has 0 unspecified atom stereocenters. The lowest BCUT2D eigenvalue weighted by Crippen LogP contribution is -2.60. The van der Waals surface area contributed by atoms with Gasteiger partial charge in [-0.2, -0.15) is 0 Å². The van der Waals surface area contributed by atoms with Gasteiger partial charge in [0.05, 0.1) is 0 Å². The largest absolute Gasteiger partial charge is 0.508 e. The average Bonchev–Trinajstić information content (AvgIpc) is 2.51. The zero-order valence-corrected chi connectivity index (χ0v) is 13.1. The molecule has 1 N–H and O–H groups in total. The number of nitrogens with zero attached hydrogens (tertiary/aromatic N) is 1. The van der Waals surface area contributed by atoms with E-state index in [9.17, 15) is 5.11 Å². The maximum absolute atomic E-state index is 10.00. The SMILES string of the molecule is CCCN1CC[C@]23CCCC[C@H]2[C@H]1Cc1ccc(O)cc13. The van der Waals surface area contributed by atoms with Gasteiger partial charge < -0.3 is 5.11 Å². The molecule has 0 spiro atoms. The number of hydrogen-bond acceptors (Lipinski definition) is 2. The molecule has 0 amide bonds. The lowest BCUT2D eigenvalue weighted by molar-refractivity contribution is -0.0111. The van der Waals surface area contributed by atoms with E-state index >= 15 is 0 Å². The van der Waals surface area contributed by atoms with E-state index in [1.165, 1.54) is 69.2 Å². The zero-order chi connectivity index (χ0) is 14.4. The van der Waals surface area contributed by atoms with Crippen molar-refractivity contribution in [1.29, 1.82) is 0 Å². The highest BCUT2D eigenvalue weighted by Crippen LogP contribution is 2.56. The molecule has 21 heavy (non-hydrogen) atoms. The second kappa shape index (κ2) is 5.01. The number of rotatable bonds is 2. The van der Waals surface area contributed by atoms with Gasteiger partial charge in [-0.1, -0.05) is 25.8 Å². The van der Waals surface area contributed by atoms with Gasteiger partial charge in [0.1, 0.15) is 5.75 Å². The Morgan fingerprint density at radius 3 is 3.05 bits per heavy atom. The minimum absolute atomic E-state index is 0.374. The van der Waals surface area contributed by atoms with E-state index in [1.54, 1.807) is 0 Å². The van der Waals surface area contributed by atoms with Crippen LogP contribution in [0.1, 0.15) is 56.6 Å². The number of aromatic hydroxyl groups is 1. The van der Waals surface area contributed by atoms with Gasteiger partial charge >= 0.3 is 0 Å². The molecule has 0 radical (unpaired) electrons. The van der Waals surface area contributed by atoms with Gasteiger partial charge in [-0.3, -0.25) is 4.90 Å². The van der Waals surface area contributed by atoms with Crippen LogP contribution in [-0.4, -0.2) is 29.1 Å². The van der Waals surface area contributed by atoms with Crippen molar-refractivity contribution in [3.63, 3.8) is 0 Å². The van der Waals surface area contributed by atoms with E-state index in [1.807, 2.05) is 6.07 Å². The second-order valence-electron chi connectivity index (χ2n) is 7.41. The zero-order valence-electron chi connectivity index (χ0n) is 13.1. The van der Waals surface area contributed by atoms with Crippen molar-refractivity contribution < 1.29 is 5.11 Å². The molecule has 2 bridgehead atoms.